The van der Waals surface area contributed by atoms with Gasteiger partial charge in [-0.3, -0.25) is 4.40 Å². The first-order valence-electron chi connectivity index (χ1n) is 6.64. The maximum absolute atomic E-state index is 12.2. The summed E-state index contributed by atoms with van der Waals surface area (Å²) < 4.78 is 6.84. The lowest BCUT2D eigenvalue weighted by molar-refractivity contribution is 0.0519. The predicted octanol–water partition coefficient (Wildman–Crippen LogP) is 2.88. The smallest absolute Gasteiger partial charge is 0.357 e. The van der Waals surface area contributed by atoms with Gasteiger partial charge in [0.05, 0.1) is 6.61 Å². The zero-order valence-electron chi connectivity index (χ0n) is 11.5. The summed E-state index contributed by atoms with van der Waals surface area (Å²) in [6.45, 7) is 2.06. The number of hydrogen-bond donors (Lipinski definition) is 1. The van der Waals surface area contributed by atoms with Gasteiger partial charge in [0.25, 0.3) is 0 Å². The number of carbonyl (C=O) groups excluding carboxylic acids is 1. The van der Waals surface area contributed by atoms with Crippen LogP contribution in [0.3, 0.4) is 0 Å². The van der Waals surface area contributed by atoms with E-state index in [4.69, 9.17) is 4.74 Å². The summed E-state index contributed by atoms with van der Waals surface area (Å²) >= 11 is 0. The van der Waals surface area contributed by atoms with Crippen molar-refractivity contribution in [1.82, 2.24) is 9.38 Å². The number of fused-ring (bicyclic) bond motifs is 1. The summed E-state index contributed by atoms with van der Waals surface area (Å²) in [5, 5.41) is 9.39. The molecule has 0 aliphatic heterocycles. The normalized spacial score (nSPS) is 10.7. The molecular formula is C16H14N2O3. The minimum Gasteiger partial charge on any atom is -0.508 e. The number of aromatic hydroxyl groups is 1. The molecule has 21 heavy (non-hydrogen) atoms. The van der Waals surface area contributed by atoms with Crippen molar-refractivity contribution in [1.29, 1.82) is 0 Å². The van der Waals surface area contributed by atoms with Crippen LogP contribution in [0.2, 0.25) is 0 Å². The van der Waals surface area contributed by atoms with Crippen molar-refractivity contribution in [2.24, 2.45) is 0 Å². The van der Waals surface area contributed by atoms with Crippen molar-refractivity contribution in [3.05, 3.63) is 54.4 Å². The standard InChI is InChI=1S/C16H14N2O3/c1-2-21-16(20)15-14(11-6-8-12(19)9-7-11)17-13-5-3-4-10-18(13)15/h3-10,19H,2H2,1H3. The number of carbonyl (C=O) groups is 1. The van der Waals surface area contributed by atoms with Crippen LogP contribution in [0.1, 0.15) is 17.4 Å². The van der Waals surface area contributed by atoms with E-state index in [1.807, 2.05) is 18.2 Å². The van der Waals surface area contributed by atoms with Crippen LogP contribution in [-0.4, -0.2) is 27.1 Å². The Bertz CT molecular complexity index is 791. The molecule has 0 radical (unpaired) electrons. The van der Waals surface area contributed by atoms with Gasteiger partial charge in [-0.1, -0.05) is 6.07 Å². The number of pyridine rings is 1. The van der Waals surface area contributed by atoms with Gasteiger partial charge in [-0.2, -0.15) is 0 Å². The van der Waals surface area contributed by atoms with Crippen LogP contribution in [0, 0.1) is 0 Å². The Kier molecular flexibility index (Phi) is 3.31. The summed E-state index contributed by atoms with van der Waals surface area (Å²) in [6, 6.07) is 12.1. The molecule has 0 saturated heterocycles. The number of rotatable bonds is 3. The number of aromatic nitrogens is 2. The molecule has 0 amide bonds. The van der Waals surface area contributed by atoms with Crippen LogP contribution >= 0.6 is 0 Å². The zero-order chi connectivity index (χ0) is 14.8. The number of hydrogen-bond acceptors (Lipinski definition) is 4. The van der Waals surface area contributed by atoms with Crippen LogP contribution in [0.25, 0.3) is 16.9 Å². The first-order valence-corrected chi connectivity index (χ1v) is 6.64. The van der Waals surface area contributed by atoms with E-state index >= 15 is 0 Å². The largest absolute Gasteiger partial charge is 0.508 e. The number of phenols is 1. The molecule has 106 valence electrons. The highest BCUT2D eigenvalue weighted by molar-refractivity contribution is 5.96. The third-order valence-electron chi connectivity index (χ3n) is 3.14. The highest BCUT2D eigenvalue weighted by Crippen LogP contribution is 2.26. The van der Waals surface area contributed by atoms with Crippen LogP contribution in [0.15, 0.2) is 48.7 Å². The maximum atomic E-state index is 12.2. The van der Waals surface area contributed by atoms with Crippen molar-refractivity contribution in [3.8, 4) is 17.0 Å². The fourth-order valence-corrected chi connectivity index (χ4v) is 2.21. The first-order chi connectivity index (χ1) is 10.2. The molecule has 0 fully saturated rings. The lowest BCUT2D eigenvalue weighted by Crippen LogP contribution is -2.09. The Balaban J connectivity index is 2.23. The van der Waals surface area contributed by atoms with Gasteiger partial charge in [0.1, 0.15) is 17.1 Å². The Morgan fingerprint density at radius 3 is 2.71 bits per heavy atom. The number of ether oxygens (including phenoxy) is 1. The Labute approximate surface area is 121 Å². The number of phenolic OH excluding ortho intramolecular Hbond substituents is 1. The molecular weight excluding hydrogens is 268 g/mol. The van der Waals surface area contributed by atoms with E-state index < -0.39 is 5.97 Å². The quantitative estimate of drug-likeness (QED) is 0.750. The van der Waals surface area contributed by atoms with Gasteiger partial charge >= 0.3 is 5.97 Å². The van der Waals surface area contributed by atoms with Gasteiger partial charge in [0, 0.05) is 11.8 Å². The minimum absolute atomic E-state index is 0.167. The molecule has 2 aromatic heterocycles. The molecule has 5 nitrogen and oxygen atoms in total. The van der Waals surface area contributed by atoms with Crippen LogP contribution < -0.4 is 0 Å². The second-order valence-electron chi connectivity index (χ2n) is 4.51. The summed E-state index contributed by atoms with van der Waals surface area (Å²) in [7, 11) is 0. The second-order valence-corrected chi connectivity index (χ2v) is 4.51. The summed E-state index contributed by atoms with van der Waals surface area (Å²) in [5.41, 5.74) is 2.35. The molecule has 0 aliphatic rings. The summed E-state index contributed by atoms with van der Waals surface area (Å²) in [5.74, 6) is -0.250. The van der Waals surface area contributed by atoms with Gasteiger partial charge in [0.2, 0.25) is 0 Å². The summed E-state index contributed by atoms with van der Waals surface area (Å²) in [6.07, 6.45) is 1.78. The van der Waals surface area contributed by atoms with Gasteiger partial charge in [-0.05, 0) is 43.3 Å². The number of benzene rings is 1. The van der Waals surface area contributed by atoms with E-state index in [0.29, 0.717) is 23.6 Å². The molecule has 0 unspecified atom stereocenters. The highest BCUT2D eigenvalue weighted by atomic mass is 16.5. The third kappa shape index (κ3) is 2.33. The average molecular weight is 282 g/mol. The van der Waals surface area contributed by atoms with E-state index in [1.165, 1.54) is 0 Å². The van der Waals surface area contributed by atoms with Crippen LogP contribution in [-0.2, 0) is 4.74 Å². The SMILES string of the molecule is CCOC(=O)c1c(-c2ccc(O)cc2)nc2ccccn12. The first kappa shape index (κ1) is 13.2. The van der Waals surface area contributed by atoms with Crippen molar-refractivity contribution < 1.29 is 14.6 Å². The second kappa shape index (κ2) is 5.28. The van der Waals surface area contributed by atoms with Gasteiger partial charge in [0.15, 0.2) is 5.69 Å². The lowest BCUT2D eigenvalue weighted by Gasteiger charge is -2.05. The Morgan fingerprint density at radius 1 is 1.24 bits per heavy atom. The van der Waals surface area contributed by atoms with Gasteiger partial charge in [-0.15, -0.1) is 0 Å². The van der Waals surface area contributed by atoms with Crippen LogP contribution in [0.5, 0.6) is 5.75 Å². The monoisotopic (exact) mass is 282 g/mol. The van der Waals surface area contributed by atoms with Crippen LogP contribution in [0.4, 0.5) is 0 Å². The molecule has 5 heteroatoms. The van der Waals surface area contributed by atoms with E-state index in [1.54, 1.807) is 41.8 Å². The fraction of sp³-hybridized carbons (Fsp3) is 0.125. The molecule has 3 aromatic rings. The molecule has 1 aromatic carbocycles. The molecule has 3 rings (SSSR count). The van der Waals surface area contributed by atoms with E-state index in [-0.39, 0.29) is 5.75 Å². The van der Waals surface area contributed by atoms with Crippen molar-refractivity contribution in [2.45, 2.75) is 6.92 Å². The van der Waals surface area contributed by atoms with E-state index in [2.05, 4.69) is 4.98 Å². The predicted molar refractivity (Wildman–Crippen MR) is 78.2 cm³/mol. The molecule has 2 heterocycles. The third-order valence-corrected chi connectivity index (χ3v) is 3.14. The maximum Gasteiger partial charge on any atom is 0.357 e. The lowest BCUT2D eigenvalue weighted by atomic mass is 10.1. The van der Waals surface area contributed by atoms with Gasteiger partial charge < -0.3 is 9.84 Å². The van der Waals surface area contributed by atoms with Crippen molar-refractivity contribution in [3.63, 3.8) is 0 Å². The number of imidazole rings is 1. The van der Waals surface area contributed by atoms with E-state index in [0.717, 1.165) is 5.56 Å². The van der Waals surface area contributed by atoms with Gasteiger partial charge in [-0.25, -0.2) is 9.78 Å². The Hall–Kier alpha value is -2.82. The highest BCUT2D eigenvalue weighted by Gasteiger charge is 2.21. The number of esters is 1. The van der Waals surface area contributed by atoms with E-state index in [9.17, 15) is 9.90 Å². The minimum atomic E-state index is -0.417. The molecule has 1 N–H and O–H groups in total. The molecule has 0 aliphatic carbocycles. The van der Waals surface area contributed by atoms with Crippen molar-refractivity contribution >= 4 is 11.6 Å². The number of nitrogens with zero attached hydrogens (tertiary/aromatic N) is 2. The Morgan fingerprint density at radius 2 is 2.00 bits per heavy atom. The topological polar surface area (TPSA) is 63.8 Å². The summed E-state index contributed by atoms with van der Waals surface area (Å²) in [4.78, 5) is 16.7. The average Bonchev–Trinajstić information content (AvgIpc) is 2.87. The molecule has 0 spiro atoms. The van der Waals surface area contributed by atoms with Crippen molar-refractivity contribution in [2.75, 3.05) is 6.61 Å². The fourth-order valence-electron chi connectivity index (χ4n) is 2.21. The zero-order valence-corrected chi connectivity index (χ0v) is 11.5. The molecule has 0 bridgehead atoms. The molecule has 0 saturated carbocycles. The molecule has 0 atom stereocenters.